The first kappa shape index (κ1) is 18.3. The molecule has 4 heterocycles. The van der Waals surface area contributed by atoms with Gasteiger partial charge in [0.1, 0.15) is 0 Å². The van der Waals surface area contributed by atoms with Crippen LogP contribution in [0.4, 0.5) is 0 Å². The summed E-state index contributed by atoms with van der Waals surface area (Å²) in [4.78, 5) is 28.6. The summed E-state index contributed by atoms with van der Waals surface area (Å²) in [6.45, 7) is 5.63. The van der Waals surface area contributed by atoms with Gasteiger partial charge in [-0.15, -0.1) is 0 Å². The highest BCUT2D eigenvalue weighted by Gasteiger charge is 2.30. The van der Waals surface area contributed by atoms with E-state index in [1.165, 1.54) is 0 Å². The average Bonchev–Trinajstić information content (AvgIpc) is 3.43. The monoisotopic (exact) mass is 396 g/mol. The van der Waals surface area contributed by atoms with Gasteiger partial charge in [-0.05, 0) is 24.6 Å². The van der Waals surface area contributed by atoms with Crippen molar-refractivity contribution in [1.82, 2.24) is 29.9 Å². The van der Waals surface area contributed by atoms with Gasteiger partial charge in [-0.25, -0.2) is 4.98 Å². The molecule has 2 aliphatic heterocycles. The highest BCUT2D eigenvalue weighted by atomic mass is 16.5. The molecule has 3 aromatic rings. The molecule has 2 aliphatic rings. The minimum atomic E-state index is 0.0783. The smallest absolute Gasteiger partial charge is 0.231 e. The van der Waals surface area contributed by atoms with E-state index in [0.717, 1.165) is 62.4 Å². The fourth-order valence-electron chi connectivity index (χ4n) is 4.01. The average molecular weight is 396 g/mol. The normalized spacial score (nSPS) is 21.2. The number of rotatable bonds is 5. The van der Waals surface area contributed by atoms with Crippen LogP contribution in [0.15, 0.2) is 29.0 Å². The molecule has 1 amide bonds. The van der Waals surface area contributed by atoms with Crippen LogP contribution in [0.25, 0.3) is 22.4 Å². The van der Waals surface area contributed by atoms with Gasteiger partial charge in [0, 0.05) is 44.7 Å². The number of carbonyl (C=O) groups excluding carboxylic acids is 1. The first-order chi connectivity index (χ1) is 14.3. The Bertz CT molecular complexity index is 993. The maximum Gasteiger partial charge on any atom is 0.231 e. The van der Waals surface area contributed by atoms with Crippen molar-refractivity contribution in [3.05, 3.63) is 30.4 Å². The zero-order chi connectivity index (χ0) is 19.6. The maximum absolute atomic E-state index is 12.4. The zero-order valence-electron chi connectivity index (χ0n) is 16.2. The van der Waals surface area contributed by atoms with Crippen LogP contribution < -0.4 is 0 Å². The van der Waals surface area contributed by atoms with Crippen LogP contribution in [0.5, 0.6) is 0 Å². The zero-order valence-corrected chi connectivity index (χ0v) is 16.2. The molecular weight excluding hydrogens is 372 g/mol. The van der Waals surface area contributed by atoms with E-state index < -0.39 is 0 Å². The van der Waals surface area contributed by atoms with E-state index in [4.69, 9.17) is 9.26 Å². The Labute approximate surface area is 168 Å². The maximum atomic E-state index is 12.4. The van der Waals surface area contributed by atoms with E-state index in [9.17, 15) is 4.79 Å². The number of fused-ring (bicyclic) bond motifs is 1. The molecule has 9 heteroatoms. The van der Waals surface area contributed by atoms with Gasteiger partial charge >= 0.3 is 0 Å². The van der Waals surface area contributed by atoms with Gasteiger partial charge in [-0.2, -0.15) is 4.98 Å². The number of amides is 1. The van der Waals surface area contributed by atoms with Crippen molar-refractivity contribution in [1.29, 1.82) is 0 Å². The summed E-state index contributed by atoms with van der Waals surface area (Å²) in [6.07, 6.45) is 2.93. The van der Waals surface area contributed by atoms with E-state index in [2.05, 4.69) is 25.0 Å². The predicted octanol–water partition coefficient (Wildman–Crippen LogP) is 1.65. The second kappa shape index (κ2) is 7.92. The highest BCUT2D eigenvalue weighted by molar-refractivity contribution is 5.80. The molecule has 29 heavy (non-hydrogen) atoms. The SMILES string of the molecule is O=C1CC[C@H](c2nc(-c3ccc4nc[nH]c4c3)no2)CN1CCN1CCOCC1. The lowest BCUT2D eigenvalue weighted by Gasteiger charge is -2.34. The number of hydrogen-bond acceptors (Lipinski definition) is 7. The number of ether oxygens (including phenoxy) is 1. The number of piperidine rings is 1. The van der Waals surface area contributed by atoms with Crippen LogP contribution in [0.2, 0.25) is 0 Å². The number of likely N-dealkylation sites (tertiary alicyclic amines) is 1. The second-order valence-corrected chi connectivity index (χ2v) is 7.62. The van der Waals surface area contributed by atoms with Crippen molar-refractivity contribution in [2.45, 2.75) is 18.8 Å². The molecule has 2 fully saturated rings. The molecule has 0 saturated carbocycles. The highest BCUT2D eigenvalue weighted by Crippen LogP contribution is 2.28. The van der Waals surface area contributed by atoms with Crippen molar-refractivity contribution in [2.24, 2.45) is 0 Å². The van der Waals surface area contributed by atoms with Gasteiger partial charge in [0.05, 0.1) is 36.5 Å². The van der Waals surface area contributed by atoms with Gasteiger partial charge in [0.25, 0.3) is 0 Å². The molecular formula is C20H24N6O3. The van der Waals surface area contributed by atoms with Crippen LogP contribution in [0.1, 0.15) is 24.7 Å². The number of aromatic nitrogens is 4. The van der Waals surface area contributed by atoms with E-state index in [0.29, 0.717) is 24.7 Å². The van der Waals surface area contributed by atoms with E-state index in [1.807, 2.05) is 23.1 Å². The second-order valence-electron chi connectivity index (χ2n) is 7.62. The number of H-pyrrole nitrogens is 1. The first-order valence-corrected chi connectivity index (χ1v) is 10.1. The number of nitrogens with zero attached hydrogens (tertiary/aromatic N) is 5. The number of aromatic amines is 1. The number of nitrogens with one attached hydrogen (secondary N) is 1. The Morgan fingerprint density at radius 2 is 2.10 bits per heavy atom. The predicted molar refractivity (Wildman–Crippen MR) is 105 cm³/mol. The van der Waals surface area contributed by atoms with Crippen LogP contribution in [-0.2, 0) is 9.53 Å². The number of imidazole rings is 1. The Balaban J connectivity index is 1.26. The summed E-state index contributed by atoms with van der Waals surface area (Å²) < 4.78 is 11.0. The quantitative estimate of drug-likeness (QED) is 0.700. The molecule has 0 radical (unpaired) electrons. The number of benzene rings is 1. The fraction of sp³-hybridized carbons (Fsp3) is 0.500. The van der Waals surface area contributed by atoms with Crippen molar-refractivity contribution in [3.63, 3.8) is 0 Å². The Morgan fingerprint density at radius 1 is 1.21 bits per heavy atom. The number of hydrogen-bond donors (Lipinski definition) is 1. The molecule has 0 unspecified atom stereocenters. The molecule has 5 rings (SSSR count). The van der Waals surface area contributed by atoms with Crippen LogP contribution in [0.3, 0.4) is 0 Å². The largest absolute Gasteiger partial charge is 0.379 e. The Kier molecular flexibility index (Phi) is 4.99. The summed E-state index contributed by atoms with van der Waals surface area (Å²) in [6, 6.07) is 5.84. The van der Waals surface area contributed by atoms with E-state index >= 15 is 0 Å². The minimum Gasteiger partial charge on any atom is -0.379 e. The fourth-order valence-corrected chi connectivity index (χ4v) is 4.01. The van der Waals surface area contributed by atoms with E-state index in [1.54, 1.807) is 6.33 Å². The third kappa shape index (κ3) is 3.88. The Morgan fingerprint density at radius 3 is 3.00 bits per heavy atom. The molecule has 152 valence electrons. The lowest BCUT2D eigenvalue weighted by Crippen LogP contribution is -2.45. The standard InChI is InChI=1S/C20H24N6O3/c27-18-4-2-15(12-26(18)6-5-25-7-9-28-10-8-25)20-23-19(24-29-20)14-1-3-16-17(11-14)22-13-21-16/h1,3,11,13,15H,2,4-10,12H2,(H,21,22)/t15-/m0/s1. The van der Waals surface area contributed by atoms with Gasteiger partial charge < -0.3 is 19.1 Å². The summed E-state index contributed by atoms with van der Waals surface area (Å²) >= 11 is 0. The number of carbonyl (C=O) groups is 1. The summed E-state index contributed by atoms with van der Waals surface area (Å²) in [5.41, 5.74) is 2.72. The lowest BCUT2D eigenvalue weighted by molar-refractivity contribution is -0.134. The molecule has 1 atom stereocenters. The third-order valence-electron chi connectivity index (χ3n) is 5.76. The molecule has 0 aliphatic carbocycles. The minimum absolute atomic E-state index is 0.0783. The molecule has 2 aromatic heterocycles. The van der Waals surface area contributed by atoms with Gasteiger partial charge in [-0.1, -0.05) is 5.16 Å². The summed E-state index contributed by atoms with van der Waals surface area (Å²) in [5.74, 6) is 1.45. The van der Waals surface area contributed by atoms with Gasteiger partial charge in [0.2, 0.25) is 17.6 Å². The molecule has 0 bridgehead atoms. The van der Waals surface area contributed by atoms with Gasteiger partial charge in [-0.3, -0.25) is 9.69 Å². The van der Waals surface area contributed by atoms with Crippen molar-refractivity contribution >= 4 is 16.9 Å². The molecule has 1 aromatic carbocycles. The van der Waals surface area contributed by atoms with Crippen molar-refractivity contribution in [3.8, 4) is 11.4 Å². The summed E-state index contributed by atoms with van der Waals surface area (Å²) in [7, 11) is 0. The van der Waals surface area contributed by atoms with Crippen LogP contribution >= 0.6 is 0 Å². The lowest BCUT2D eigenvalue weighted by atomic mass is 9.97. The van der Waals surface area contributed by atoms with Crippen LogP contribution in [-0.4, -0.2) is 81.8 Å². The molecule has 2 saturated heterocycles. The Hall–Kier alpha value is -2.78. The molecule has 0 spiro atoms. The number of morpholine rings is 1. The molecule has 9 nitrogen and oxygen atoms in total. The van der Waals surface area contributed by atoms with Crippen molar-refractivity contribution < 1.29 is 14.1 Å². The topological polar surface area (TPSA) is 100 Å². The van der Waals surface area contributed by atoms with Crippen LogP contribution in [0, 0.1) is 0 Å². The first-order valence-electron chi connectivity index (χ1n) is 10.1. The third-order valence-corrected chi connectivity index (χ3v) is 5.76. The van der Waals surface area contributed by atoms with E-state index in [-0.39, 0.29) is 11.8 Å². The molecule has 1 N–H and O–H groups in total. The van der Waals surface area contributed by atoms with Crippen molar-refractivity contribution in [2.75, 3.05) is 45.9 Å². The van der Waals surface area contributed by atoms with Gasteiger partial charge in [0.15, 0.2) is 0 Å². The summed E-state index contributed by atoms with van der Waals surface area (Å²) in [5, 5.41) is 4.17.